The van der Waals surface area contributed by atoms with Crippen LogP contribution in [0.25, 0.3) is 6.08 Å². The Morgan fingerprint density at radius 1 is 1.24 bits per heavy atom. The lowest BCUT2D eigenvalue weighted by atomic mass is 10.2. The molecule has 0 aliphatic rings. The van der Waals surface area contributed by atoms with Crippen LogP contribution in [0.5, 0.6) is 0 Å². The average molecular weight is 284 g/mol. The summed E-state index contributed by atoms with van der Waals surface area (Å²) in [6.45, 7) is 3.90. The lowest BCUT2D eigenvalue weighted by molar-refractivity contribution is 0.0964. The molecule has 21 heavy (non-hydrogen) atoms. The fourth-order valence-corrected chi connectivity index (χ4v) is 1.85. The average Bonchev–Trinajstić information content (AvgIpc) is 2.45. The van der Waals surface area contributed by atoms with Gasteiger partial charge in [0.15, 0.2) is 0 Å². The van der Waals surface area contributed by atoms with Crippen molar-refractivity contribution in [2.75, 3.05) is 0 Å². The molecule has 1 aromatic heterocycles. The summed E-state index contributed by atoms with van der Waals surface area (Å²) in [5.41, 5.74) is 1.24. The van der Waals surface area contributed by atoms with E-state index < -0.39 is 0 Å². The third-order valence-corrected chi connectivity index (χ3v) is 2.73. The van der Waals surface area contributed by atoms with Crippen LogP contribution in [0.4, 0.5) is 4.39 Å². The van der Waals surface area contributed by atoms with Gasteiger partial charge >= 0.3 is 0 Å². The normalized spacial score (nSPS) is 12.3. The number of benzene rings is 1. The first-order valence-electron chi connectivity index (χ1n) is 6.76. The lowest BCUT2D eigenvalue weighted by Crippen LogP contribution is -2.26. The van der Waals surface area contributed by atoms with E-state index in [1.54, 1.807) is 36.5 Å². The molecule has 2 aromatic rings. The molecule has 0 N–H and O–H groups in total. The largest absolute Gasteiger partial charge is 0.269 e. The molecule has 4 heteroatoms. The van der Waals surface area contributed by atoms with Gasteiger partial charge < -0.3 is 0 Å². The van der Waals surface area contributed by atoms with Crippen LogP contribution in [0, 0.1) is 5.82 Å². The fraction of sp³-hybridized carbons (Fsp3) is 0.176. The standard InChI is InChI=1S/C17H17FN2O/c1-13(2)19-16-8-3-4-11-20(16)17(21)10-9-14-6-5-7-15(18)12-14/h3-13H,1-2H3. The highest BCUT2D eigenvalue weighted by Gasteiger charge is 2.01. The zero-order valence-corrected chi connectivity index (χ0v) is 12.0. The summed E-state index contributed by atoms with van der Waals surface area (Å²) in [5, 5.41) is 0. The molecule has 1 aromatic carbocycles. The van der Waals surface area contributed by atoms with Gasteiger partial charge in [-0.2, -0.15) is 0 Å². The maximum atomic E-state index is 13.1. The topological polar surface area (TPSA) is 34.4 Å². The van der Waals surface area contributed by atoms with Crippen molar-refractivity contribution in [3.8, 4) is 0 Å². The van der Waals surface area contributed by atoms with Crippen molar-refractivity contribution < 1.29 is 9.18 Å². The Balaban J connectivity index is 2.29. The van der Waals surface area contributed by atoms with E-state index >= 15 is 0 Å². The number of aromatic nitrogens is 1. The highest BCUT2D eigenvalue weighted by Crippen LogP contribution is 2.05. The number of rotatable bonds is 3. The predicted octanol–water partition coefficient (Wildman–Crippen LogP) is 3.29. The summed E-state index contributed by atoms with van der Waals surface area (Å²) in [6.07, 6.45) is 4.66. The van der Waals surface area contributed by atoms with E-state index in [4.69, 9.17) is 0 Å². The number of carbonyl (C=O) groups excluding carboxylic acids is 1. The number of allylic oxidation sites excluding steroid dienone is 1. The third kappa shape index (κ3) is 4.24. The lowest BCUT2D eigenvalue weighted by Gasteiger charge is -2.04. The first-order chi connectivity index (χ1) is 10.1. The summed E-state index contributed by atoms with van der Waals surface area (Å²) in [7, 11) is 0. The van der Waals surface area contributed by atoms with Crippen molar-refractivity contribution in [2.45, 2.75) is 19.9 Å². The molecule has 0 fully saturated rings. The molecule has 0 saturated heterocycles. The minimum absolute atomic E-state index is 0.0960. The molecular formula is C17H17FN2O. The van der Waals surface area contributed by atoms with E-state index in [1.165, 1.54) is 22.8 Å². The van der Waals surface area contributed by atoms with Crippen LogP contribution < -0.4 is 5.49 Å². The molecule has 0 bridgehead atoms. The Morgan fingerprint density at radius 3 is 2.76 bits per heavy atom. The zero-order chi connectivity index (χ0) is 15.2. The maximum Gasteiger partial charge on any atom is 0.256 e. The Kier molecular flexibility index (Phi) is 4.82. The molecule has 0 aliphatic carbocycles. The zero-order valence-electron chi connectivity index (χ0n) is 12.0. The van der Waals surface area contributed by atoms with Crippen molar-refractivity contribution in [3.63, 3.8) is 0 Å². The summed E-state index contributed by atoms with van der Waals surface area (Å²) in [4.78, 5) is 16.6. The Morgan fingerprint density at radius 2 is 2.05 bits per heavy atom. The van der Waals surface area contributed by atoms with Crippen molar-refractivity contribution in [1.29, 1.82) is 0 Å². The second-order valence-corrected chi connectivity index (χ2v) is 4.88. The van der Waals surface area contributed by atoms with E-state index in [-0.39, 0.29) is 17.8 Å². The van der Waals surface area contributed by atoms with E-state index in [2.05, 4.69) is 4.99 Å². The van der Waals surface area contributed by atoms with Crippen LogP contribution in [0.3, 0.4) is 0 Å². The number of hydrogen-bond donors (Lipinski definition) is 0. The highest BCUT2D eigenvalue weighted by atomic mass is 19.1. The van der Waals surface area contributed by atoms with E-state index in [0.29, 0.717) is 11.1 Å². The number of pyridine rings is 1. The minimum Gasteiger partial charge on any atom is -0.269 e. The third-order valence-electron chi connectivity index (χ3n) is 2.73. The van der Waals surface area contributed by atoms with Gasteiger partial charge in [0, 0.05) is 18.3 Å². The quantitative estimate of drug-likeness (QED) is 0.796. The van der Waals surface area contributed by atoms with Gasteiger partial charge in [0.2, 0.25) is 0 Å². The Hall–Kier alpha value is -2.49. The van der Waals surface area contributed by atoms with Gasteiger partial charge in [-0.1, -0.05) is 18.2 Å². The molecule has 3 nitrogen and oxygen atoms in total. The molecule has 1 heterocycles. The fourth-order valence-electron chi connectivity index (χ4n) is 1.85. The van der Waals surface area contributed by atoms with E-state index in [9.17, 15) is 9.18 Å². The number of nitrogens with zero attached hydrogens (tertiary/aromatic N) is 2. The van der Waals surface area contributed by atoms with Crippen LogP contribution in [0.2, 0.25) is 0 Å². The molecule has 0 aliphatic heterocycles. The Bertz CT molecular complexity index is 729. The first-order valence-corrected chi connectivity index (χ1v) is 6.76. The van der Waals surface area contributed by atoms with E-state index in [0.717, 1.165) is 0 Å². The summed E-state index contributed by atoms with van der Waals surface area (Å²) in [6, 6.07) is 11.6. The second kappa shape index (κ2) is 6.79. The molecule has 108 valence electrons. The van der Waals surface area contributed by atoms with Gasteiger partial charge in [-0.3, -0.25) is 14.4 Å². The van der Waals surface area contributed by atoms with Crippen LogP contribution in [0.15, 0.2) is 59.7 Å². The maximum absolute atomic E-state index is 13.1. The highest BCUT2D eigenvalue weighted by molar-refractivity contribution is 5.93. The predicted molar refractivity (Wildman–Crippen MR) is 81.2 cm³/mol. The number of carbonyl (C=O) groups is 1. The SMILES string of the molecule is CC(C)N=c1ccccn1C(=O)C=Cc1cccc(F)c1. The molecular weight excluding hydrogens is 267 g/mol. The molecule has 0 spiro atoms. The van der Waals surface area contributed by atoms with Gasteiger partial charge in [0.05, 0.1) is 0 Å². The summed E-state index contributed by atoms with van der Waals surface area (Å²) >= 11 is 0. The first kappa shape index (κ1) is 14.9. The van der Waals surface area contributed by atoms with Gasteiger partial charge in [0.1, 0.15) is 11.3 Å². The second-order valence-electron chi connectivity index (χ2n) is 4.88. The Labute approximate surface area is 123 Å². The molecule has 2 rings (SSSR count). The van der Waals surface area contributed by atoms with Crippen molar-refractivity contribution in [3.05, 3.63) is 71.6 Å². The van der Waals surface area contributed by atoms with Crippen LogP contribution >= 0.6 is 0 Å². The van der Waals surface area contributed by atoms with Crippen molar-refractivity contribution >= 4 is 12.0 Å². The van der Waals surface area contributed by atoms with Gasteiger partial charge in [-0.25, -0.2) is 4.39 Å². The van der Waals surface area contributed by atoms with Crippen molar-refractivity contribution in [2.24, 2.45) is 4.99 Å². The van der Waals surface area contributed by atoms with Crippen molar-refractivity contribution in [1.82, 2.24) is 4.57 Å². The van der Waals surface area contributed by atoms with Crippen LogP contribution in [0.1, 0.15) is 24.2 Å². The van der Waals surface area contributed by atoms with Gasteiger partial charge in [-0.05, 0) is 49.8 Å². The molecule has 0 unspecified atom stereocenters. The van der Waals surface area contributed by atoms with Crippen LogP contribution in [-0.4, -0.2) is 16.5 Å². The van der Waals surface area contributed by atoms with Gasteiger partial charge in [0.25, 0.3) is 5.91 Å². The van der Waals surface area contributed by atoms with E-state index in [1.807, 2.05) is 19.9 Å². The number of hydrogen-bond acceptors (Lipinski definition) is 2. The smallest absolute Gasteiger partial charge is 0.256 e. The number of halogens is 1. The van der Waals surface area contributed by atoms with Gasteiger partial charge in [-0.15, -0.1) is 0 Å². The van der Waals surface area contributed by atoms with Crippen LogP contribution in [-0.2, 0) is 0 Å². The molecule has 0 atom stereocenters. The summed E-state index contributed by atoms with van der Waals surface area (Å²) in [5.74, 6) is -0.549. The molecule has 0 amide bonds. The monoisotopic (exact) mass is 284 g/mol. The summed E-state index contributed by atoms with van der Waals surface area (Å²) < 4.78 is 14.6. The minimum atomic E-state index is -0.326. The molecule has 0 radical (unpaired) electrons. The molecule has 0 saturated carbocycles.